The summed E-state index contributed by atoms with van der Waals surface area (Å²) in [7, 11) is 1.70. The predicted molar refractivity (Wildman–Crippen MR) is 73.4 cm³/mol. The Morgan fingerprint density at radius 1 is 1.41 bits per heavy atom. The first-order valence-electron chi connectivity index (χ1n) is 5.88. The fourth-order valence-corrected chi connectivity index (χ4v) is 1.73. The summed E-state index contributed by atoms with van der Waals surface area (Å²) in [5.41, 5.74) is 0.955. The number of aromatic nitrogens is 2. The molecule has 0 aliphatic carbocycles. The molecule has 0 aliphatic heterocycles. The first-order valence-corrected chi connectivity index (χ1v) is 6.67. The number of anilines is 1. The minimum absolute atomic E-state index is 0.134. The zero-order chi connectivity index (χ0) is 12.8. The number of ether oxygens (including phenoxy) is 1. The van der Waals surface area contributed by atoms with Crippen LogP contribution in [0.3, 0.4) is 0 Å². The van der Waals surface area contributed by atoms with E-state index in [0.717, 1.165) is 41.2 Å². The number of halogens is 1. The minimum Gasteiger partial charge on any atom is -0.381 e. The highest BCUT2D eigenvalue weighted by molar-refractivity contribution is 9.10. The molecule has 4 nitrogen and oxygen atoms in total. The maximum atomic E-state index is 5.23. The van der Waals surface area contributed by atoms with Crippen molar-refractivity contribution in [1.82, 2.24) is 9.97 Å². The van der Waals surface area contributed by atoms with E-state index >= 15 is 0 Å². The van der Waals surface area contributed by atoms with Crippen LogP contribution in [0.4, 0.5) is 5.82 Å². The molecule has 0 saturated carbocycles. The van der Waals surface area contributed by atoms with E-state index < -0.39 is 0 Å². The largest absolute Gasteiger partial charge is 0.381 e. The first kappa shape index (κ1) is 14.4. The van der Waals surface area contributed by atoms with E-state index in [1.165, 1.54) is 0 Å². The van der Waals surface area contributed by atoms with E-state index in [-0.39, 0.29) is 6.10 Å². The molecular formula is C12H20BrN3O. The van der Waals surface area contributed by atoms with Gasteiger partial charge in [-0.25, -0.2) is 9.97 Å². The molecular weight excluding hydrogens is 282 g/mol. The highest BCUT2D eigenvalue weighted by Gasteiger charge is 2.11. The molecule has 1 aromatic rings. The molecule has 1 unspecified atom stereocenters. The predicted octanol–water partition coefficient (Wildman–Crippen LogP) is 2.95. The summed E-state index contributed by atoms with van der Waals surface area (Å²) < 4.78 is 6.18. The van der Waals surface area contributed by atoms with Gasteiger partial charge in [0.2, 0.25) is 0 Å². The second kappa shape index (κ2) is 6.91. The van der Waals surface area contributed by atoms with E-state index in [9.17, 15) is 0 Å². The third-order valence-corrected chi connectivity index (χ3v) is 3.43. The van der Waals surface area contributed by atoms with Crippen LogP contribution in [-0.4, -0.2) is 29.7 Å². The second-order valence-corrected chi connectivity index (χ2v) is 4.86. The number of nitrogens with zero attached hydrogens (tertiary/aromatic N) is 2. The van der Waals surface area contributed by atoms with Crippen molar-refractivity contribution < 1.29 is 4.74 Å². The Morgan fingerprint density at radius 3 is 2.71 bits per heavy atom. The van der Waals surface area contributed by atoms with Crippen LogP contribution < -0.4 is 5.32 Å². The Labute approximate surface area is 111 Å². The average molecular weight is 302 g/mol. The Hall–Kier alpha value is -0.680. The molecule has 0 spiro atoms. The van der Waals surface area contributed by atoms with Crippen LogP contribution >= 0.6 is 15.9 Å². The molecule has 5 heteroatoms. The Balaban J connectivity index is 2.89. The minimum atomic E-state index is 0.134. The average Bonchev–Trinajstić information content (AvgIpc) is 2.31. The zero-order valence-electron chi connectivity index (χ0n) is 10.9. The number of aryl methyl sites for hydroxylation is 1. The Bertz CT molecular complexity index is 371. The molecule has 96 valence electrons. The van der Waals surface area contributed by atoms with Gasteiger partial charge in [-0.15, -0.1) is 0 Å². The van der Waals surface area contributed by atoms with Crippen molar-refractivity contribution >= 4 is 21.7 Å². The highest BCUT2D eigenvalue weighted by Crippen LogP contribution is 2.23. The normalized spacial score (nSPS) is 12.5. The van der Waals surface area contributed by atoms with E-state index in [1.54, 1.807) is 7.11 Å². The van der Waals surface area contributed by atoms with Crippen LogP contribution in [0.2, 0.25) is 0 Å². The maximum Gasteiger partial charge on any atom is 0.144 e. The second-order valence-electron chi connectivity index (χ2n) is 4.07. The summed E-state index contributed by atoms with van der Waals surface area (Å²) in [6.07, 6.45) is 1.93. The number of hydrogen-bond acceptors (Lipinski definition) is 4. The summed E-state index contributed by atoms with van der Waals surface area (Å²) >= 11 is 3.51. The number of rotatable bonds is 6. The molecule has 0 aliphatic rings. The summed E-state index contributed by atoms with van der Waals surface area (Å²) in [6, 6.07) is 0. The third-order valence-electron chi connectivity index (χ3n) is 2.48. The molecule has 0 fully saturated rings. The summed E-state index contributed by atoms with van der Waals surface area (Å²) in [6.45, 7) is 7.03. The van der Waals surface area contributed by atoms with Crippen LogP contribution in [0.5, 0.6) is 0 Å². The van der Waals surface area contributed by atoms with Crippen LogP contribution in [0, 0.1) is 6.92 Å². The zero-order valence-corrected chi connectivity index (χ0v) is 12.5. The van der Waals surface area contributed by atoms with E-state index in [1.807, 2.05) is 13.8 Å². The van der Waals surface area contributed by atoms with Crippen molar-refractivity contribution in [3.05, 3.63) is 16.0 Å². The monoisotopic (exact) mass is 301 g/mol. The fraction of sp³-hybridized carbons (Fsp3) is 0.667. The molecule has 0 saturated heterocycles. The van der Waals surface area contributed by atoms with Crippen molar-refractivity contribution in [2.45, 2.75) is 39.7 Å². The number of hydrogen-bond donors (Lipinski definition) is 1. The summed E-state index contributed by atoms with van der Waals surface area (Å²) in [4.78, 5) is 8.96. The van der Waals surface area contributed by atoms with Gasteiger partial charge in [-0.2, -0.15) is 0 Å². The van der Waals surface area contributed by atoms with E-state index in [4.69, 9.17) is 4.74 Å². The van der Waals surface area contributed by atoms with Crippen LogP contribution in [0.1, 0.15) is 31.8 Å². The van der Waals surface area contributed by atoms with Gasteiger partial charge in [0.15, 0.2) is 0 Å². The lowest BCUT2D eigenvalue weighted by Crippen LogP contribution is -2.14. The van der Waals surface area contributed by atoms with E-state index in [2.05, 4.69) is 38.1 Å². The molecule has 0 radical (unpaired) electrons. The fourth-order valence-electron chi connectivity index (χ4n) is 1.41. The van der Waals surface area contributed by atoms with Crippen LogP contribution in [0.25, 0.3) is 0 Å². The Kier molecular flexibility index (Phi) is 5.85. The van der Waals surface area contributed by atoms with Gasteiger partial charge in [-0.1, -0.05) is 6.92 Å². The van der Waals surface area contributed by atoms with Gasteiger partial charge in [0, 0.05) is 20.1 Å². The lowest BCUT2D eigenvalue weighted by molar-refractivity contribution is 0.117. The van der Waals surface area contributed by atoms with E-state index in [0.29, 0.717) is 0 Å². The van der Waals surface area contributed by atoms with Crippen molar-refractivity contribution in [3.63, 3.8) is 0 Å². The third kappa shape index (κ3) is 4.24. The molecule has 1 heterocycles. The van der Waals surface area contributed by atoms with Gasteiger partial charge in [0.25, 0.3) is 0 Å². The standard InChI is InChI=1S/C12H20BrN3O/c1-5-6-14-12-11(13)9(3)15-10(16-12)7-8(2)17-4/h8H,5-7H2,1-4H3,(H,14,15,16). The number of methoxy groups -OCH3 is 1. The quantitative estimate of drug-likeness (QED) is 0.877. The molecule has 1 aromatic heterocycles. The number of nitrogens with one attached hydrogen (secondary N) is 1. The lowest BCUT2D eigenvalue weighted by Gasteiger charge is -2.13. The van der Waals surface area contributed by atoms with Crippen LogP contribution in [-0.2, 0) is 11.2 Å². The van der Waals surface area contributed by atoms with Gasteiger partial charge in [-0.3, -0.25) is 0 Å². The van der Waals surface area contributed by atoms with Crippen molar-refractivity contribution in [2.24, 2.45) is 0 Å². The summed E-state index contributed by atoms with van der Waals surface area (Å²) in [5.74, 6) is 1.69. The molecule has 1 atom stereocenters. The molecule has 1 rings (SSSR count). The Morgan fingerprint density at radius 2 is 2.12 bits per heavy atom. The van der Waals surface area contributed by atoms with Gasteiger partial charge < -0.3 is 10.1 Å². The molecule has 1 N–H and O–H groups in total. The first-order chi connectivity index (χ1) is 8.08. The van der Waals surface area contributed by atoms with Crippen LogP contribution in [0.15, 0.2) is 4.47 Å². The molecule has 17 heavy (non-hydrogen) atoms. The molecule has 0 aromatic carbocycles. The van der Waals surface area contributed by atoms with Crippen molar-refractivity contribution in [2.75, 3.05) is 19.0 Å². The van der Waals surface area contributed by atoms with Crippen molar-refractivity contribution in [1.29, 1.82) is 0 Å². The smallest absolute Gasteiger partial charge is 0.144 e. The maximum absolute atomic E-state index is 5.23. The highest BCUT2D eigenvalue weighted by atomic mass is 79.9. The van der Waals surface area contributed by atoms with Gasteiger partial charge in [-0.05, 0) is 36.2 Å². The molecule has 0 amide bonds. The lowest BCUT2D eigenvalue weighted by atomic mass is 10.2. The summed E-state index contributed by atoms with van der Waals surface area (Å²) in [5, 5.41) is 3.30. The van der Waals surface area contributed by atoms with Crippen molar-refractivity contribution in [3.8, 4) is 0 Å². The van der Waals surface area contributed by atoms with Gasteiger partial charge >= 0.3 is 0 Å². The van der Waals surface area contributed by atoms with Gasteiger partial charge in [0.05, 0.1) is 16.3 Å². The molecule has 0 bridgehead atoms. The SMILES string of the molecule is CCCNc1nc(CC(C)OC)nc(C)c1Br. The topological polar surface area (TPSA) is 47.0 Å². The van der Waals surface area contributed by atoms with Gasteiger partial charge in [0.1, 0.15) is 11.6 Å².